The van der Waals surface area contributed by atoms with Crippen LogP contribution in [0.1, 0.15) is 5.56 Å². The summed E-state index contributed by atoms with van der Waals surface area (Å²) in [6.07, 6.45) is 0. The molecule has 3 aromatic rings. The van der Waals surface area contributed by atoms with Gasteiger partial charge in [-0.15, -0.1) is 0 Å². The van der Waals surface area contributed by atoms with Gasteiger partial charge in [-0.25, -0.2) is 0 Å². The topological polar surface area (TPSA) is 22.0 Å². The van der Waals surface area contributed by atoms with Crippen LogP contribution in [0.5, 0.6) is 0 Å². The average Bonchev–Trinajstić information content (AvgIpc) is 2.68. The zero-order chi connectivity index (χ0) is 12.7. The van der Waals surface area contributed by atoms with Gasteiger partial charge in [0.05, 0.1) is 0 Å². The zero-order valence-corrected chi connectivity index (χ0v) is 12.2. The fourth-order valence-corrected chi connectivity index (χ4v) is 4.50. The monoisotopic (exact) mass is 323 g/mol. The van der Waals surface area contributed by atoms with Crippen molar-refractivity contribution in [1.82, 2.24) is 3.56 Å². The Morgan fingerprint density at radius 2 is 1.94 bits per heavy atom. The molecule has 90 valence electrons. The van der Waals surface area contributed by atoms with Crippen molar-refractivity contribution in [3.05, 3.63) is 63.4 Å². The minimum atomic E-state index is -0.0213. The number of benzene rings is 2. The molecule has 0 N–H and O–H groups in total. The fraction of sp³-hybridized carbons (Fsp3) is 0.0714. The van der Waals surface area contributed by atoms with Crippen LogP contribution in [0, 0.1) is 6.92 Å². The van der Waals surface area contributed by atoms with Gasteiger partial charge in [0.1, 0.15) is 0 Å². The molecule has 0 atom stereocenters. The standard InChI is InChI=1S/C14H10ClNOSe/c1-9-6-7-12(11(15)8-9)16-14(17)10-4-2-3-5-13(10)18-16/h2-8H,1H3. The average molecular weight is 323 g/mol. The summed E-state index contributed by atoms with van der Waals surface area (Å²) in [6, 6.07) is 13.5. The molecule has 0 radical (unpaired) electrons. The van der Waals surface area contributed by atoms with E-state index in [1.807, 2.05) is 49.4 Å². The number of rotatable bonds is 1. The summed E-state index contributed by atoms with van der Waals surface area (Å²) >= 11 is 6.21. The van der Waals surface area contributed by atoms with Crippen molar-refractivity contribution in [2.75, 3.05) is 0 Å². The Kier molecular flexibility index (Phi) is 2.90. The van der Waals surface area contributed by atoms with Crippen LogP contribution in [-0.2, 0) is 0 Å². The number of aromatic nitrogens is 1. The van der Waals surface area contributed by atoms with Gasteiger partial charge in [0.15, 0.2) is 0 Å². The van der Waals surface area contributed by atoms with Crippen molar-refractivity contribution in [2.45, 2.75) is 6.92 Å². The quantitative estimate of drug-likeness (QED) is 0.631. The van der Waals surface area contributed by atoms with Gasteiger partial charge in [-0.05, 0) is 0 Å². The van der Waals surface area contributed by atoms with E-state index in [0.717, 1.165) is 20.9 Å². The van der Waals surface area contributed by atoms with Gasteiger partial charge in [0.25, 0.3) is 0 Å². The van der Waals surface area contributed by atoms with E-state index in [1.54, 1.807) is 3.56 Å². The first-order valence-electron chi connectivity index (χ1n) is 5.54. The van der Waals surface area contributed by atoms with E-state index in [2.05, 4.69) is 0 Å². The SMILES string of the molecule is Cc1ccc(-n2[se]c3ccccc3c2=O)c(Cl)c1. The molecule has 0 unspecified atom stereocenters. The molecule has 4 heteroatoms. The van der Waals surface area contributed by atoms with Crippen LogP contribution in [0.2, 0.25) is 5.02 Å². The molecule has 1 heterocycles. The molecule has 0 saturated heterocycles. The molecule has 0 bridgehead atoms. The van der Waals surface area contributed by atoms with E-state index in [-0.39, 0.29) is 20.3 Å². The van der Waals surface area contributed by atoms with Crippen molar-refractivity contribution in [2.24, 2.45) is 0 Å². The van der Waals surface area contributed by atoms with Crippen molar-refractivity contribution >= 4 is 36.0 Å². The van der Waals surface area contributed by atoms with Crippen LogP contribution in [0.4, 0.5) is 0 Å². The fourth-order valence-electron chi connectivity index (χ4n) is 1.91. The number of aryl methyl sites for hydroxylation is 1. The summed E-state index contributed by atoms with van der Waals surface area (Å²) < 4.78 is 2.91. The Bertz CT molecular complexity index is 788. The minimum absolute atomic E-state index is 0.0213. The Morgan fingerprint density at radius 3 is 2.67 bits per heavy atom. The van der Waals surface area contributed by atoms with Gasteiger partial charge < -0.3 is 0 Å². The molecule has 0 saturated carbocycles. The molecular weight excluding hydrogens is 313 g/mol. The normalized spacial score (nSPS) is 11.0. The molecule has 2 nitrogen and oxygen atoms in total. The Hall–Kier alpha value is -1.28. The van der Waals surface area contributed by atoms with Crippen molar-refractivity contribution in [3.63, 3.8) is 0 Å². The van der Waals surface area contributed by atoms with E-state index < -0.39 is 0 Å². The summed E-state index contributed by atoms with van der Waals surface area (Å²) in [7, 11) is 0. The van der Waals surface area contributed by atoms with Crippen LogP contribution in [0.25, 0.3) is 15.3 Å². The molecule has 18 heavy (non-hydrogen) atoms. The maximum absolute atomic E-state index is 12.3. The molecule has 0 amide bonds. The Balaban J connectivity index is 2.32. The molecular formula is C14H10ClNOSe. The van der Waals surface area contributed by atoms with Crippen molar-refractivity contribution in [1.29, 1.82) is 0 Å². The second-order valence-electron chi connectivity index (χ2n) is 4.14. The van der Waals surface area contributed by atoms with Crippen LogP contribution >= 0.6 is 11.6 Å². The molecule has 0 fully saturated rings. The van der Waals surface area contributed by atoms with E-state index in [0.29, 0.717) is 5.02 Å². The van der Waals surface area contributed by atoms with Crippen molar-refractivity contribution < 1.29 is 0 Å². The zero-order valence-electron chi connectivity index (χ0n) is 9.68. The number of hydrogen-bond acceptors (Lipinski definition) is 1. The second-order valence-corrected chi connectivity index (χ2v) is 6.62. The van der Waals surface area contributed by atoms with Crippen LogP contribution < -0.4 is 5.56 Å². The van der Waals surface area contributed by atoms with Gasteiger partial charge in [0, 0.05) is 0 Å². The molecule has 2 aromatic carbocycles. The van der Waals surface area contributed by atoms with Crippen LogP contribution in [-0.4, -0.2) is 18.3 Å². The third-order valence-corrected chi connectivity index (χ3v) is 5.42. The van der Waals surface area contributed by atoms with E-state index in [9.17, 15) is 4.79 Å². The van der Waals surface area contributed by atoms with Gasteiger partial charge in [0.2, 0.25) is 0 Å². The second kappa shape index (κ2) is 4.43. The number of nitrogens with zero attached hydrogens (tertiary/aromatic N) is 1. The molecule has 0 spiro atoms. The van der Waals surface area contributed by atoms with Gasteiger partial charge in [-0.3, -0.25) is 0 Å². The van der Waals surface area contributed by atoms with Gasteiger partial charge in [-0.1, -0.05) is 0 Å². The summed E-state index contributed by atoms with van der Waals surface area (Å²) in [5.74, 6) is 0. The van der Waals surface area contributed by atoms with E-state index in [4.69, 9.17) is 11.6 Å². The van der Waals surface area contributed by atoms with Crippen LogP contribution in [0.15, 0.2) is 47.3 Å². The molecule has 0 aliphatic rings. The maximum atomic E-state index is 12.3. The number of halogens is 1. The number of hydrogen-bond donors (Lipinski definition) is 0. The third kappa shape index (κ3) is 1.85. The van der Waals surface area contributed by atoms with Gasteiger partial charge >= 0.3 is 116 Å². The predicted octanol–water partition coefficient (Wildman–Crippen LogP) is 3.01. The molecule has 0 aliphatic carbocycles. The first-order chi connectivity index (χ1) is 8.66. The van der Waals surface area contributed by atoms with E-state index in [1.165, 1.54) is 0 Å². The molecule has 0 aliphatic heterocycles. The Labute approximate surface area is 115 Å². The predicted molar refractivity (Wildman–Crippen MR) is 76.2 cm³/mol. The van der Waals surface area contributed by atoms with Crippen LogP contribution in [0.3, 0.4) is 0 Å². The Morgan fingerprint density at radius 1 is 1.17 bits per heavy atom. The third-order valence-electron chi connectivity index (χ3n) is 2.81. The van der Waals surface area contributed by atoms with Crippen molar-refractivity contribution in [3.8, 4) is 5.69 Å². The molecule has 3 rings (SSSR count). The number of fused-ring (bicyclic) bond motifs is 1. The summed E-state index contributed by atoms with van der Waals surface area (Å²) in [5, 5.41) is 1.44. The first kappa shape index (κ1) is 11.8. The summed E-state index contributed by atoms with van der Waals surface area (Å²) in [4.78, 5) is 12.3. The molecule has 1 aromatic heterocycles. The first-order valence-corrected chi connectivity index (χ1v) is 7.54. The summed E-state index contributed by atoms with van der Waals surface area (Å²) in [5.41, 5.74) is 1.96. The summed E-state index contributed by atoms with van der Waals surface area (Å²) in [6.45, 7) is 1.99. The van der Waals surface area contributed by atoms with E-state index >= 15 is 0 Å². The van der Waals surface area contributed by atoms with Gasteiger partial charge in [-0.2, -0.15) is 0 Å².